The minimum absolute atomic E-state index is 0.277. The third kappa shape index (κ3) is 3.15. The van der Waals surface area contributed by atoms with Crippen LogP contribution in [0.4, 0.5) is 5.69 Å². The molecule has 1 atom stereocenters. The first-order valence-electron chi connectivity index (χ1n) is 8.60. The van der Waals surface area contributed by atoms with Gasteiger partial charge < -0.3 is 19.1 Å². The van der Waals surface area contributed by atoms with Crippen LogP contribution in [0.1, 0.15) is 34.6 Å². The second-order valence-electron chi connectivity index (χ2n) is 7.96. The van der Waals surface area contributed by atoms with E-state index in [1.54, 1.807) is 0 Å². The Morgan fingerprint density at radius 3 is 2.09 bits per heavy atom. The molecule has 3 rings (SSSR count). The molecule has 2 aliphatic heterocycles. The third-order valence-corrected chi connectivity index (χ3v) is 5.74. The number of piperazine rings is 1. The summed E-state index contributed by atoms with van der Waals surface area (Å²) in [5.41, 5.74) is 1.80. The number of likely N-dealkylation sites (N-methyl/N-ethyl adjacent to an activating group) is 1. The summed E-state index contributed by atoms with van der Waals surface area (Å²) < 4.78 is 12.2. The van der Waals surface area contributed by atoms with E-state index >= 15 is 0 Å². The van der Waals surface area contributed by atoms with Gasteiger partial charge in [-0.25, -0.2) is 0 Å². The molecule has 0 amide bonds. The highest BCUT2D eigenvalue weighted by molar-refractivity contribution is 6.62. The molecular formula is C18H29BN2O2. The summed E-state index contributed by atoms with van der Waals surface area (Å²) in [6.07, 6.45) is 0. The molecule has 0 aliphatic carbocycles. The van der Waals surface area contributed by atoms with Crippen molar-refractivity contribution in [1.29, 1.82) is 0 Å². The van der Waals surface area contributed by atoms with Crippen LogP contribution in [0, 0.1) is 0 Å². The average Bonchev–Trinajstić information content (AvgIpc) is 2.71. The second kappa shape index (κ2) is 5.80. The number of rotatable bonds is 2. The van der Waals surface area contributed by atoms with Gasteiger partial charge in [-0.3, -0.25) is 0 Å². The smallest absolute Gasteiger partial charge is 0.399 e. The monoisotopic (exact) mass is 316 g/mol. The van der Waals surface area contributed by atoms with Crippen LogP contribution in [0.5, 0.6) is 0 Å². The Morgan fingerprint density at radius 2 is 1.57 bits per heavy atom. The van der Waals surface area contributed by atoms with E-state index in [9.17, 15) is 0 Å². The van der Waals surface area contributed by atoms with Crippen LogP contribution in [-0.2, 0) is 9.31 Å². The van der Waals surface area contributed by atoms with Gasteiger partial charge in [0.1, 0.15) is 0 Å². The van der Waals surface area contributed by atoms with E-state index in [0.717, 1.165) is 25.1 Å². The third-order valence-electron chi connectivity index (χ3n) is 5.74. The van der Waals surface area contributed by atoms with Crippen molar-refractivity contribution in [1.82, 2.24) is 4.90 Å². The van der Waals surface area contributed by atoms with Gasteiger partial charge >= 0.3 is 7.12 Å². The molecule has 23 heavy (non-hydrogen) atoms. The highest BCUT2D eigenvalue weighted by Crippen LogP contribution is 2.36. The molecule has 0 N–H and O–H groups in total. The van der Waals surface area contributed by atoms with E-state index in [4.69, 9.17) is 9.31 Å². The Bertz CT molecular complexity index is 543. The minimum atomic E-state index is -0.288. The van der Waals surface area contributed by atoms with Crippen LogP contribution < -0.4 is 10.4 Å². The van der Waals surface area contributed by atoms with Crippen LogP contribution in [0.15, 0.2) is 24.3 Å². The summed E-state index contributed by atoms with van der Waals surface area (Å²) in [6.45, 7) is 13.9. The van der Waals surface area contributed by atoms with E-state index < -0.39 is 0 Å². The maximum Gasteiger partial charge on any atom is 0.494 e. The van der Waals surface area contributed by atoms with Crippen LogP contribution in [-0.4, -0.2) is 55.9 Å². The van der Waals surface area contributed by atoms with Gasteiger partial charge in [0.05, 0.1) is 11.2 Å². The fourth-order valence-electron chi connectivity index (χ4n) is 3.10. The first-order valence-corrected chi connectivity index (χ1v) is 8.60. The number of nitrogens with zero attached hydrogens (tertiary/aromatic N) is 2. The molecule has 0 spiro atoms. The van der Waals surface area contributed by atoms with Gasteiger partial charge in [-0.15, -0.1) is 0 Å². The van der Waals surface area contributed by atoms with E-state index in [2.05, 4.69) is 75.7 Å². The van der Waals surface area contributed by atoms with Crippen molar-refractivity contribution < 1.29 is 9.31 Å². The van der Waals surface area contributed by atoms with E-state index in [-0.39, 0.29) is 18.3 Å². The molecule has 0 aromatic heterocycles. The van der Waals surface area contributed by atoms with Crippen molar-refractivity contribution in [3.63, 3.8) is 0 Å². The Hall–Kier alpha value is -1.04. The largest absolute Gasteiger partial charge is 0.494 e. The van der Waals surface area contributed by atoms with Crippen molar-refractivity contribution in [2.75, 3.05) is 31.6 Å². The first kappa shape index (κ1) is 16.8. The predicted octanol–water partition coefficient (Wildman–Crippen LogP) is 2.13. The molecule has 2 aliphatic rings. The number of hydrogen-bond acceptors (Lipinski definition) is 4. The highest BCUT2D eigenvalue weighted by atomic mass is 16.7. The SMILES string of the molecule is C[C@H]1CN(c2ccc(B3OC(C)(C)C(C)(C)O3)cc2)CCN1C. The zero-order chi connectivity index (χ0) is 16.8. The highest BCUT2D eigenvalue weighted by Gasteiger charge is 2.51. The van der Waals surface area contributed by atoms with Gasteiger partial charge in [-0.05, 0) is 59.3 Å². The molecule has 126 valence electrons. The summed E-state index contributed by atoms with van der Waals surface area (Å²) in [4.78, 5) is 4.87. The van der Waals surface area contributed by atoms with E-state index in [0.29, 0.717) is 6.04 Å². The molecule has 2 fully saturated rings. The summed E-state index contributed by atoms with van der Waals surface area (Å²) in [5.74, 6) is 0. The molecule has 2 heterocycles. The molecule has 4 nitrogen and oxygen atoms in total. The second-order valence-corrected chi connectivity index (χ2v) is 7.96. The lowest BCUT2D eigenvalue weighted by molar-refractivity contribution is 0.00578. The molecule has 2 saturated heterocycles. The summed E-state index contributed by atoms with van der Waals surface area (Å²) in [5, 5.41) is 0. The molecule has 0 saturated carbocycles. The fourth-order valence-corrected chi connectivity index (χ4v) is 3.10. The quantitative estimate of drug-likeness (QED) is 0.781. The fraction of sp³-hybridized carbons (Fsp3) is 0.667. The lowest BCUT2D eigenvalue weighted by Gasteiger charge is -2.39. The van der Waals surface area contributed by atoms with Crippen LogP contribution in [0.25, 0.3) is 0 Å². The molecule has 5 heteroatoms. The lowest BCUT2D eigenvalue weighted by Crippen LogP contribution is -2.50. The van der Waals surface area contributed by atoms with E-state index in [1.807, 2.05) is 0 Å². The van der Waals surface area contributed by atoms with Crippen LogP contribution >= 0.6 is 0 Å². The van der Waals surface area contributed by atoms with E-state index in [1.165, 1.54) is 5.69 Å². The Balaban J connectivity index is 1.71. The maximum absolute atomic E-state index is 6.12. The van der Waals surface area contributed by atoms with Gasteiger partial charge in [-0.1, -0.05) is 12.1 Å². The first-order chi connectivity index (χ1) is 10.7. The minimum Gasteiger partial charge on any atom is -0.399 e. The average molecular weight is 316 g/mol. The van der Waals surface area contributed by atoms with Crippen molar-refractivity contribution in [2.45, 2.75) is 51.9 Å². The standard InChI is InChI=1S/C18H29BN2O2/c1-14-13-21(12-11-20(14)6)16-9-7-15(8-10-16)19-22-17(2,3)18(4,5)23-19/h7-10,14H,11-13H2,1-6H3/t14-/m0/s1. The number of anilines is 1. The predicted molar refractivity (Wildman–Crippen MR) is 96.5 cm³/mol. The van der Waals surface area contributed by atoms with Crippen molar-refractivity contribution >= 4 is 18.3 Å². The van der Waals surface area contributed by atoms with Gasteiger partial charge in [0.2, 0.25) is 0 Å². The van der Waals surface area contributed by atoms with Crippen molar-refractivity contribution in [3.05, 3.63) is 24.3 Å². The number of benzene rings is 1. The topological polar surface area (TPSA) is 24.9 Å². The van der Waals surface area contributed by atoms with Gasteiger partial charge in [0.25, 0.3) is 0 Å². The molecule has 0 radical (unpaired) electrons. The molecule has 0 unspecified atom stereocenters. The Morgan fingerprint density at radius 1 is 1.00 bits per heavy atom. The summed E-state index contributed by atoms with van der Waals surface area (Å²) >= 11 is 0. The summed E-state index contributed by atoms with van der Waals surface area (Å²) in [7, 11) is 1.92. The van der Waals surface area contributed by atoms with Crippen molar-refractivity contribution in [2.24, 2.45) is 0 Å². The zero-order valence-corrected chi connectivity index (χ0v) is 15.3. The number of hydrogen-bond donors (Lipinski definition) is 0. The molecular weight excluding hydrogens is 287 g/mol. The lowest BCUT2D eigenvalue weighted by atomic mass is 9.79. The van der Waals surface area contributed by atoms with Gasteiger partial charge in [0.15, 0.2) is 0 Å². The zero-order valence-electron chi connectivity index (χ0n) is 15.3. The molecule has 1 aromatic rings. The van der Waals surface area contributed by atoms with Crippen molar-refractivity contribution in [3.8, 4) is 0 Å². The maximum atomic E-state index is 6.12. The normalized spacial score (nSPS) is 27.5. The molecule has 1 aromatic carbocycles. The Kier molecular flexibility index (Phi) is 4.24. The van der Waals surface area contributed by atoms with Crippen LogP contribution in [0.3, 0.4) is 0 Å². The van der Waals surface area contributed by atoms with Gasteiger partial charge in [0, 0.05) is 31.4 Å². The van der Waals surface area contributed by atoms with Crippen LogP contribution in [0.2, 0.25) is 0 Å². The molecule has 0 bridgehead atoms. The van der Waals surface area contributed by atoms with Gasteiger partial charge in [-0.2, -0.15) is 0 Å². The Labute approximate surface area is 140 Å². The summed E-state index contributed by atoms with van der Waals surface area (Å²) in [6, 6.07) is 9.25.